The summed E-state index contributed by atoms with van der Waals surface area (Å²) in [6.45, 7) is 0.389. The average Bonchev–Trinajstić information content (AvgIpc) is 3.07. The molecule has 0 aromatic heterocycles. The van der Waals surface area contributed by atoms with Crippen molar-refractivity contribution in [2.75, 3.05) is 25.3 Å². The number of rotatable bonds is 5. The summed E-state index contributed by atoms with van der Waals surface area (Å²) in [5.74, 6) is -2.73. The van der Waals surface area contributed by atoms with E-state index in [1.165, 1.54) is 0 Å². The van der Waals surface area contributed by atoms with Crippen LogP contribution in [0.1, 0.15) is 0 Å². The van der Waals surface area contributed by atoms with Gasteiger partial charge in [0.2, 0.25) is 6.79 Å². The molecule has 132 valence electrons. The van der Waals surface area contributed by atoms with Gasteiger partial charge >= 0.3 is 6.03 Å². The summed E-state index contributed by atoms with van der Waals surface area (Å²) in [6.07, 6.45) is 0. The lowest BCUT2D eigenvalue weighted by Gasteiger charge is -2.10. The number of ether oxygens (including phenoxy) is 3. The number of hydrogen-bond acceptors (Lipinski definition) is 4. The average molecular weight is 354 g/mol. The van der Waals surface area contributed by atoms with Crippen LogP contribution in [-0.2, 0) is 0 Å². The SMILES string of the molecule is O=C(NCCOc1ccc2c(c1)OCO2)Nc1ccc(F)c(F)c1F. The molecular formula is C16H13F3N2O4. The highest BCUT2D eigenvalue weighted by Gasteiger charge is 2.15. The quantitative estimate of drug-likeness (QED) is 0.640. The van der Waals surface area contributed by atoms with Crippen LogP contribution in [-0.4, -0.2) is 26.0 Å². The molecule has 25 heavy (non-hydrogen) atoms. The summed E-state index contributed by atoms with van der Waals surface area (Å²) in [4.78, 5) is 11.6. The van der Waals surface area contributed by atoms with Gasteiger partial charge in [0.25, 0.3) is 0 Å². The molecular weight excluding hydrogens is 341 g/mol. The van der Waals surface area contributed by atoms with E-state index in [9.17, 15) is 18.0 Å². The molecule has 3 rings (SSSR count). The lowest BCUT2D eigenvalue weighted by atomic mass is 10.3. The summed E-state index contributed by atoms with van der Waals surface area (Å²) in [6, 6.07) is 5.90. The number of amides is 2. The molecule has 1 heterocycles. The Hall–Kier alpha value is -3.10. The summed E-state index contributed by atoms with van der Waals surface area (Å²) in [5.41, 5.74) is -0.465. The van der Waals surface area contributed by atoms with Crippen molar-refractivity contribution < 1.29 is 32.2 Å². The normalized spacial score (nSPS) is 12.0. The van der Waals surface area contributed by atoms with Gasteiger partial charge in [0.15, 0.2) is 29.0 Å². The molecule has 0 saturated carbocycles. The van der Waals surface area contributed by atoms with E-state index in [1.54, 1.807) is 18.2 Å². The van der Waals surface area contributed by atoms with Crippen LogP contribution < -0.4 is 24.8 Å². The van der Waals surface area contributed by atoms with Crippen molar-refractivity contribution in [3.8, 4) is 17.2 Å². The van der Waals surface area contributed by atoms with Crippen LogP contribution in [0.3, 0.4) is 0 Å². The number of benzene rings is 2. The first-order valence-corrected chi connectivity index (χ1v) is 7.25. The van der Waals surface area contributed by atoms with Gasteiger partial charge in [-0.25, -0.2) is 18.0 Å². The largest absolute Gasteiger partial charge is 0.492 e. The molecule has 0 atom stereocenters. The number of anilines is 1. The van der Waals surface area contributed by atoms with Gasteiger partial charge in [-0.3, -0.25) is 0 Å². The number of carbonyl (C=O) groups is 1. The standard InChI is InChI=1S/C16H13F3N2O4/c17-10-2-3-11(15(19)14(10)18)21-16(22)20-5-6-23-9-1-4-12-13(7-9)25-8-24-12/h1-4,7H,5-6,8H2,(H2,20,21,22). The number of hydrogen-bond donors (Lipinski definition) is 2. The third kappa shape index (κ3) is 3.87. The number of urea groups is 1. The van der Waals surface area contributed by atoms with E-state index >= 15 is 0 Å². The molecule has 1 aliphatic rings. The first-order valence-electron chi connectivity index (χ1n) is 7.25. The molecule has 0 fully saturated rings. The highest BCUT2D eigenvalue weighted by molar-refractivity contribution is 5.89. The van der Waals surface area contributed by atoms with Crippen molar-refractivity contribution in [2.24, 2.45) is 0 Å². The highest BCUT2D eigenvalue weighted by Crippen LogP contribution is 2.34. The minimum Gasteiger partial charge on any atom is -0.492 e. The van der Waals surface area contributed by atoms with Gasteiger partial charge in [0, 0.05) is 6.07 Å². The minimum atomic E-state index is -1.65. The first kappa shape index (κ1) is 16.7. The Morgan fingerprint density at radius 2 is 1.88 bits per heavy atom. The molecule has 0 unspecified atom stereocenters. The van der Waals surface area contributed by atoms with Crippen LogP contribution in [0.5, 0.6) is 17.2 Å². The minimum absolute atomic E-state index is 0.103. The topological polar surface area (TPSA) is 68.8 Å². The Labute approximate surface area is 140 Å². The zero-order valence-corrected chi connectivity index (χ0v) is 12.8. The van der Waals surface area contributed by atoms with Crippen LogP contribution in [0.15, 0.2) is 30.3 Å². The van der Waals surface area contributed by atoms with Crippen molar-refractivity contribution in [3.05, 3.63) is 47.8 Å². The van der Waals surface area contributed by atoms with Crippen LogP contribution in [0.2, 0.25) is 0 Å². The molecule has 9 heteroatoms. The van der Waals surface area contributed by atoms with E-state index in [-0.39, 0.29) is 19.9 Å². The zero-order valence-electron chi connectivity index (χ0n) is 12.8. The Morgan fingerprint density at radius 1 is 1.08 bits per heavy atom. The van der Waals surface area contributed by atoms with Gasteiger partial charge in [-0.2, -0.15) is 0 Å². The van der Waals surface area contributed by atoms with Crippen molar-refractivity contribution in [1.82, 2.24) is 5.32 Å². The van der Waals surface area contributed by atoms with Gasteiger partial charge in [-0.1, -0.05) is 0 Å². The molecule has 0 saturated heterocycles. The second-order valence-electron chi connectivity index (χ2n) is 4.97. The van der Waals surface area contributed by atoms with E-state index in [0.29, 0.717) is 17.2 Å². The molecule has 2 N–H and O–H groups in total. The fourth-order valence-corrected chi connectivity index (χ4v) is 2.09. The monoisotopic (exact) mass is 354 g/mol. The number of nitrogens with one attached hydrogen (secondary N) is 2. The lowest BCUT2D eigenvalue weighted by molar-refractivity contribution is 0.173. The van der Waals surface area contributed by atoms with Crippen LogP contribution in [0.4, 0.5) is 23.7 Å². The van der Waals surface area contributed by atoms with Gasteiger partial charge in [-0.05, 0) is 24.3 Å². The number of halogens is 3. The molecule has 0 aliphatic carbocycles. The number of fused-ring (bicyclic) bond motifs is 1. The summed E-state index contributed by atoms with van der Waals surface area (Å²) < 4.78 is 55.1. The molecule has 0 bridgehead atoms. The van der Waals surface area contributed by atoms with E-state index in [4.69, 9.17) is 14.2 Å². The number of carbonyl (C=O) groups excluding carboxylic acids is 1. The third-order valence-electron chi connectivity index (χ3n) is 3.28. The highest BCUT2D eigenvalue weighted by atomic mass is 19.2. The molecule has 6 nitrogen and oxygen atoms in total. The van der Waals surface area contributed by atoms with Gasteiger partial charge in [0.1, 0.15) is 12.4 Å². The molecule has 2 amide bonds. The predicted octanol–water partition coefficient (Wildman–Crippen LogP) is 3.03. The second-order valence-corrected chi connectivity index (χ2v) is 4.97. The predicted molar refractivity (Wildman–Crippen MR) is 81.4 cm³/mol. The molecule has 2 aromatic carbocycles. The Morgan fingerprint density at radius 3 is 2.72 bits per heavy atom. The van der Waals surface area contributed by atoms with Gasteiger partial charge in [0.05, 0.1) is 12.2 Å². The van der Waals surface area contributed by atoms with Crippen molar-refractivity contribution in [2.45, 2.75) is 0 Å². The molecule has 0 spiro atoms. The Bertz CT molecular complexity index is 801. The maximum atomic E-state index is 13.4. The van der Waals surface area contributed by atoms with Gasteiger partial charge in [-0.15, -0.1) is 0 Å². The van der Waals surface area contributed by atoms with Crippen molar-refractivity contribution >= 4 is 11.7 Å². The van der Waals surface area contributed by atoms with E-state index < -0.39 is 29.2 Å². The molecule has 2 aromatic rings. The lowest BCUT2D eigenvalue weighted by Crippen LogP contribution is -2.32. The fourth-order valence-electron chi connectivity index (χ4n) is 2.09. The first-order chi connectivity index (χ1) is 12.0. The van der Waals surface area contributed by atoms with Crippen molar-refractivity contribution in [3.63, 3.8) is 0 Å². The zero-order chi connectivity index (χ0) is 17.8. The second kappa shape index (κ2) is 7.20. The Balaban J connectivity index is 1.45. The fraction of sp³-hybridized carbons (Fsp3) is 0.188. The summed E-state index contributed by atoms with van der Waals surface area (Å²) in [7, 11) is 0. The molecule has 0 radical (unpaired) electrons. The van der Waals surface area contributed by atoms with E-state index in [2.05, 4.69) is 10.6 Å². The van der Waals surface area contributed by atoms with Crippen molar-refractivity contribution in [1.29, 1.82) is 0 Å². The van der Waals surface area contributed by atoms with Crippen LogP contribution >= 0.6 is 0 Å². The summed E-state index contributed by atoms with van der Waals surface area (Å²) >= 11 is 0. The van der Waals surface area contributed by atoms with E-state index in [1.807, 2.05) is 0 Å². The summed E-state index contributed by atoms with van der Waals surface area (Å²) in [5, 5.41) is 4.49. The van der Waals surface area contributed by atoms with Crippen LogP contribution in [0.25, 0.3) is 0 Å². The van der Waals surface area contributed by atoms with Crippen LogP contribution in [0, 0.1) is 17.5 Å². The smallest absolute Gasteiger partial charge is 0.319 e. The maximum Gasteiger partial charge on any atom is 0.319 e. The van der Waals surface area contributed by atoms with E-state index in [0.717, 1.165) is 12.1 Å². The van der Waals surface area contributed by atoms with Gasteiger partial charge < -0.3 is 24.8 Å². The Kier molecular flexibility index (Phi) is 4.82. The third-order valence-corrected chi connectivity index (χ3v) is 3.28. The molecule has 1 aliphatic heterocycles. The maximum absolute atomic E-state index is 13.4.